The van der Waals surface area contributed by atoms with Crippen LogP contribution >= 0.6 is 11.3 Å². The summed E-state index contributed by atoms with van der Waals surface area (Å²) >= 11 is 1.49. The van der Waals surface area contributed by atoms with Crippen LogP contribution in [0.15, 0.2) is 97.5 Å². The van der Waals surface area contributed by atoms with Gasteiger partial charge in [0.05, 0.1) is 28.3 Å². The summed E-state index contributed by atoms with van der Waals surface area (Å²) < 4.78 is 26.4. The molecule has 1 aliphatic heterocycles. The van der Waals surface area contributed by atoms with Crippen molar-refractivity contribution >= 4 is 50.7 Å². The lowest BCUT2D eigenvalue weighted by atomic mass is 9.75. The van der Waals surface area contributed by atoms with Gasteiger partial charge in [-0.1, -0.05) is 37.3 Å². The van der Waals surface area contributed by atoms with Crippen molar-refractivity contribution in [1.82, 2.24) is 40.5 Å². The smallest absolute Gasteiger partial charge is 0.251 e. The molecule has 0 fully saturated rings. The molecule has 0 unspecified atom stereocenters. The fourth-order valence-corrected chi connectivity index (χ4v) is 8.56. The maximum absolute atomic E-state index is 14.1. The second-order valence-electron chi connectivity index (χ2n) is 14.5. The highest BCUT2D eigenvalue weighted by molar-refractivity contribution is 7.18. The molecule has 4 aromatic heterocycles. The number of anilines is 1. The summed E-state index contributed by atoms with van der Waals surface area (Å²) in [5.41, 5.74) is 3.96. The largest absolute Gasteiger partial charge is 0.508 e. The summed E-state index contributed by atoms with van der Waals surface area (Å²) in [5.74, 6) is 1.04. The molecule has 9 rings (SSSR count). The lowest BCUT2D eigenvalue weighted by Crippen LogP contribution is -2.36. The molecule has 4 aromatic carbocycles. The number of aromatic amines is 1. The van der Waals surface area contributed by atoms with Crippen LogP contribution in [0.2, 0.25) is 0 Å². The van der Waals surface area contributed by atoms with Gasteiger partial charge in [0.2, 0.25) is 0 Å². The van der Waals surface area contributed by atoms with E-state index in [2.05, 4.69) is 35.9 Å². The number of nitrogens with zero attached hydrogens (tertiary/aromatic N) is 5. The minimum atomic E-state index is -1.43. The maximum Gasteiger partial charge on any atom is 0.251 e. The van der Waals surface area contributed by atoms with Crippen LogP contribution in [0.25, 0.3) is 21.4 Å². The SMILES string of the molecule is CC.COC1(c2cc(C(=O)NCc3ccc4nc(CCNCCc5nc6c(NCc7ncccc7F)ncnc6s5)[nH]c4c3)ccc2C=O)c2ccc(O)cc2Oc2cc(O)ccc21. The number of rotatable bonds is 15. The standard InChI is InChI=1S/C45H38FN9O6S.C2H6/c1-60-45(30-9-7-28(57)19-37(30)61-38-20-29(58)8-10-31(38)45)32-18-26(5-6-27(32)23-56)43(59)50-21-25-4-11-34-35(17-25)54-39(53-34)12-15-47-16-13-40-55-41-42(51-24-52-44(41)62-40)49-22-36-33(46)3-2-14-48-36;1-2/h2-11,14,17-20,23-24,47,57-58H,12-13,15-16,21-22H2,1H3,(H,50,59)(H,53,54)(H,49,51,52);1-2H3. The quantitative estimate of drug-likeness (QED) is 0.0431. The van der Waals surface area contributed by atoms with Crippen molar-refractivity contribution in [3.8, 4) is 23.0 Å². The first-order valence-corrected chi connectivity index (χ1v) is 21.4. The van der Waals surface area contributed by atoms with Crippen molar-refractivity contribution in [3.05, 3.63) is 153 Å². The predicted molar refractivity (Wildman–Crippen MR) is 241 cm³/mol. The van der Waals surface area contributed by atoms with E-state index in [0.717, 1.165) is 32.3 Å². The van der Waals surface area contributed by atoms with Gasteiger partial charge in [0.1, 0.15) is 57.6 Å². The average molecular weight is 882 g/mol. The fraction of sp³-hybridized carbons (Fsp3) is 0.213. The molecule has 0 bridgehead atoms. The number of phenols is 2. The van der Waals surface area contributed by atoms with Crippen LogP contribution in [0.5, 0.6) is 23.0 Å². The zero-order valence-electron chi connectivity index (χ0n) is 35.1. The fourth-order valence-electron chi connectivity index (χ4n) is 7.66. The monoisotopic (exact) mass is 881 g/mol. The Labute approximate surface area is 370 Å². The molecule has 17 heteroatoms. The van der Waals surface area contributed by atoms with Crippen molar-refractivity contribution in [1.29, 1.82) is 0 Å². The Morgan fingerprint density at radius 2 is 1.66 bits per heavy atom. The van der Waals surface area contributed by atoms with E-state index in [1.165, 1.54) is 55.1 Å². The molecule has 0 atom stereocenters. The summed E-state index contributed by atoms with van der Waals surface area (Å²) in [7, 11) is 1.49. The molecular formula is C47H44FN9O6S. The molecule has 5 heterocycles. The van der Waals surface area contributed by atoms with Gasteiger partial charge in [0.15, 0.2) is 11.4 Å². The number of hydrogen-bond donors (Lipinski definition) is 6. The van der Waals surface area contributed by atoms with Crippen molar-refractivity contribution in [2.24, 2.45) is 0 Å². The summed E-state index contributed by atoms with van der Waals surface area (Å²) in [5, 5.41) is 31.0. The van der Waals surface area contributed by atoms with Crippen molar-refractivity contribution in [2.45, 2.75) is 45.4 Å². The van der Waals surface area contributed by atoms with Gasteiger partial charge in [-0.25, -0.2) is 24.3 Å². The molecule has 0 saturated heterocycles. The molecule has 6 N–H and O–H groups in total. The minimum absolute atomic E-state index is 0.0456. The second kappa shape index (κ2) is 19.0. The highest BCUT2D eigenvalue weighted by atomic mass is 32.1. The highest BCUT2D eigenvalue weighted by Crippen LogP contribution is 2.54. The average Bonchev–Trinajstić information content (AvgIpc) is 3.93. The molecular weight excluding hydrogens is 838 g/mol. The van der Waals surface area contributed by atoms with Crippen molar-refractivity contribution < 1.29 is 33.7 Å². The van der Waals surface area contributed by atoms with E-state index in [-0.39, 0.29) is 53.4 Å². The second-order valence-corrected chi connectivity index (χ2v) is 15.6. The van der Waals surface area contributed by atoms with E-state index in [0.29, 0.717) is 71.5 Å². The number of amides is 1. The van der Waals surface area contributed by atoms with Crippen LogP contribution in [0.1, 0.15) is 73.3 Å². The van der Waals surface area contributed by atoms with Crippen LogP contribution in [0.4, 0.5) is 10.2 Å². The molecule has 8 aromatic rings. The molecule has 1 amide bonds. The number of phenolic OH excluding ortho intramolecular Hbond substituents is 2. The number of aldehydes is 1. The minimum Gasteiger partial charge on any atom is -0.508 e. The first-order chi connectivity index (χ1) is 31.2. The number of benzene rings is 4. The number of hydrogen-bond acceptors (Lipinski definition) is 14. The van der Waals surface area contributed by atoms with Gasteiger partial charge in [-0.15, -0.1) is 0 Å². The normalized spacial score (nSPS) is 12.4. The molecule has 0 spiro atoms. The first-order valence-electron chi connectivity index (χ1n) is 20.6. The van der Waals surface area contributed by atoms with Crippen molar-refractivity contribution in [3.63, 3.8) is 0 Å². The van der Waals surface area contributed by atoms with Crippen LogP contribution in [0.3, 0.4) is 0 Å². The molecule has 15 nitrogen and oxygen atoms in total. The van der Waals surface area contributed by atoms with E-state index >= 15 is 0 Å². The lowest BCUT2D eigenvalue weighted by molar-refractivity contribution is 0.0489. The number of nitrogens with one attached hydrogen (secondary N) is 4. The zero-order chi connectivity index (χ0) is 44.8. The number of halogens is 1. The Kier molecular flexibility index (Phi) is 12.8. The number of imidazole rings is 1. The molecule has 0 aliphatic carbocycles. The number of aromatic hydroxyl groups is 2. The summed E-state index contributed by atoms with van der Waals surface area (Å²) in [6.07, 6.45) is 5.06. The topological polar surface area (TPSA) is 209 Å². The Hall–Kier alpha value is -7.34. The van der Waals surface area contributed by atoms with Crippen LogP contribution < -0.4 is 20.7 Å². The van der Waals surface area contributed by atoms with Gasteiger partial charge >= 0.3 is 0 Å². The van der Waals surface area contributed by atoms with Crippen LogP contribution in [0, 0.1) is 5.82 Å². The van der Waals surface area contributed by atoms with Crippen LogP contribution in [-0.4, -0.2) is 72.5 Å². The number of carbonyl (C=O) groups excluding carboxylic acids is 2. The van der Waals surface area contributed by atoms with Gasteiger partial charge in [-0.2, -0.15) is 0 Å². The summed E-state index contributed by atoms with van der Waals surface area (Å²) in [6, 6.07) is 22.6. The van der Waals surface area contributed by atoms with E-state index in [1.54, 1.807) is 42.6 Å². The molecule has 326 valence electrons. The number of ether oxygens (including phenoxy) is 2. The lowest BCUT2D eigenvalue weighted by Gasteiger charge is -2.40. The first kappa shape index (κ1) is 43.3. The van der Waals surface area contributed by atoms with E-state index in [1.807, 2.05) is 32.0 Å². The molecule has 1 aliphatic rings. The Morgan fingerprint density at radius 1 is 0.891 bits per heavy atom. The Morgan fingerprint density at radius 3 is 2.39 bits per heavy atom. The van der Waals surface area contributed by atoms with Gasteiger partial charge in [0.25, 0.3) is 5.91 Å². The number of pyridine rings is 1. The number of H-pyrrole nitrogens is 1. The molecule has 64 heavy (non-hydrogen) atoms. The molecule has 0 radical (unpaired) electrons. The summed E-state index contributed by atoms with van der Waals surface area (Å²) in [6.45, 7) is 5.77. The Balaban J connectivity index is 0.00000276. The van der Waals surface area contributed by atoms with E-state index in [4.69, 9.17) is 19.4 Å². The van der Waals surface area contributed by atoms with Crippen molar-refractivity contribution in [2.75, 3.05) is 25.5 Å². The van der Waals surface area contributed by atoms with E-state index in [9.17, 15) is 24.2 Å². The third kappa shape index (κ3) is 8.68. The zero-order valence-corrected chi connectivity index (χ0v) is 35.9. The number of methoxy groups -OCH3 is 1. The number of thiazole rings is 1. The van der Waals surface area contributed by atoms with E-state index < -0.39 is 5.60 Å². The molecule has 0 saturated carbocycles. The van der Waals surface area contributed by atoms with Gasteiger partial charge < -0.3 is 40.6 Å². The van der Waals surface area contributed by atoms with Gasteiger partial charge in [0, 0.05) is 85.7 Å². The number of carbonyl (C=O) groups is 2. The third-order valence-electron chi connectivity index (χ3n) is 10.6. The highest BCUT2D eigenvalue weighted by Gasteiger charge is 2.46. The predicted octanol–water partition coefficient (Wildman–Crippen LogP) is 7.71. The third-order valence-corrected chi connectivity index (χ3v) is 11.7. The van der Waals surface area contributed by atoms with Gasteiger partial charge in [-0.3, -0.25) is 14.6 Å². The maximum atomic E-state index is 14.1. The number of aromatic nitrogens is 6. The number of fused-ring (bicyclic) bond motifs is 4. The Bertz CT molecular complexity index is 2940. The summed E-state index contributed by atoms with van der Waals surface area (Å²) in [4.78, 5) is 52.6. The van der Waals surface area contributed by atoms with Crippen LogP contribution in [-0.2, 0) is 36.3 Å². The van der Waals surface area contributed by atoms with Gasteiger partial charge in [-0.05, 0) is 66.2 Å².